The molecule has 0 spiro atoms. The number of aliphatic hydroxyl groups excluding tert-OH is 1. The van der Waals surface area contributed by atoms with Crippen molar-refractivity contribution in [2.24, 2.45) is 0 Å². The van der Waals surface area contributed by atoms with Crippen molar-refractivity contribution >= 4 is 26.8 Å². The molecule has 10 nitrogen and oxygen atoms in total. The molecule has 2 N–H and O–H groups in total. The third kappa shape index (κ3) is 4.82. The van der Waals surface area contributed by atoms with Crippen LogP contribution in [0.4, 0.5) is 8.78 Å². The molecule has 0 bridgehead atoms. The quantitative estimate of drug-likeness (QED) is 0.517. The van der Waals surface area contributed by atoms with Crippen LogP contribution in [-0.2, 0) is 9.84 Å². The molecule has 0 aliphatic carbocycles. The summed E-state index contributed by atoms with van der Waals surface area (Å²) < 4.78 is 55.4. The summed E-state index contributed by atoms with van der Waals surface area (Å²) in [7, 11) is -3.48. The standard InChI is InChI=1S/C22H25F2N5O5S/c1-11(2)29-16-5-13(20(31)27-22(4)10-35(32,33)9-17(22)30)7-26-19(16)18(28-29)15-6-14(34-21(23)24)8-25-12(15)3/h5-8,11,17,21,30H,9-10H2,1-4H3,(H,27,31)/t17-,22?/m1/s1. The summed E-state index contributed by atoms with van der Waals surface area (Å²) in [5, 5.41) is 17.5. The molecular formula is C22H25F2N5O5S. The average Bonchev–Trinajstić information content (AvgIpc) is 3.22. The Morgan fingerprint density at radius 3 is 2.60 bits per heavy atom. The summed E-state index contributed by atoms with van der Waals surface area (Å²) >= 11 is 0. The van der Waals surface area contributed by atoms with Crippen molar-refractivity contribution in [3.05, 3.63) is 35.8 Å². The number of pyridine rings is 2. The van der Waals surface area contributed by atoms with Gasteiger partial charge in [0.2, 0.25) is 0 Å². The largest absolute Gasteiger partial charge is 0.433 e. The third-order valence-corrected chi connectivity index (χ3v) is 7.77. The molecule has 2 atom stereocenters. The minimum Gasteiger partial charge on any atom is -0.433 e. The Balaban J connectivity index is 1.75. The fraction of sp³-hybridized carbons (Fsp3) is 0.455. The van der Waals surface area contributed by atoms with E-state index in [-0.39, 0.29) is 23.1 Å². The molecule has 3 aromatic heterocycles. The predicted molar refractivity (Wildman–Crippen MR) is 123 cm³/mol. The molecule has 1 aliphatic heterocycles. The molecule has 4 rings (SSSR count). The number of nitrogens with one attached hydrogen (secondary N) is 1. The first kappa shape index (κ1) is 24.9. The summed E-state index contributed by atoms with van der Waals surface area (Å²) in [6.45, 7) is 3.93. The molecule has 0 saturated carbocycles. The Kier molecular flexibility index (Phi) is 6.26. The SMILES string of the molecule is Cc1ncc(OC(F)F)cc1-c1nn(C(C)C)c2cc(C(=O)NC3(C)CS(=O)(=O)C[C@H]3O)cnc12. The maximum absolute atomic E-state index is 13.0. The van der Waals surface area contributed by atoms with E-state index in [9.17, 15) is 27.1 Å². The van der Waals surface area contributed by atoms with Crippen LogP contribution in [0.1, 0.15) is 42.9 Å². The maximum Gasteiger partial charge on any atom is 0.387 e. The van der Waals surface area contributed by atoms with Crippen LogP contribution in [0, 0.1) is 6.92 Å². The molecule has 0 radical (unpaired) electrons. The molecule has 1 amide bonds. The summed E-state index contributed by atoms with van der Waals surface area (Å²) in [4.78, 5) is 21.5. The van der Waals surface area contributed by atoms with Crippen molar-refractivity contribution in [1.82, 2.24) is 25.1 Å². The highest BCUT2D eigenvalue weighted by molar-refractivity contribution is 7.91. The van der Waals surface area contributed by atoms with Crippen molar-refractivity contribution in [1.29, 1.82) is 0 Å². The molecule has 4 heterocycles. The zero-order valence-corrected chi connectivity index (χ0v) is 20.3. The molecule has 35 heavy (non-hydrogen) atoms. The highest BCUT2D eigenvalue weighted by Gasteiger charge is 2.47. The fourth-order valence-electron chi connectivity index (χ4n) is 4.13. The van der Waals surface area contributed by atoms with Gasteiger partial charge in [-0.15, -0.1) is 0 Å². The number of carbonyl (C=O) groups is 1. The second-order valence-electron chi connectivity index (χ2n) is 9.10. The molecular weight excluding hydrogens is 484 g/mol. The molecule has 188 valence electrons. The summed E-state index contributed by atoms with van der Waals surface area (Å²) in [5.41, 5.74) is 1.10. The van der Waals surface area contributed by atoms with Crippen LogP contribution in [0.2, 0.25) is 0 Å². The Hall–Kier alpha value is -3.19. The number of hydrogen-bond acceptors (Lipinski definition) is 8. The van der Waals surface area contributed by atoms with Crippen molar-refractivity contribution in [2.45, 2.75) is 52.0 Å². The Bertz CT molecular complexity index is 1410. The second-order valence-corrected chi connectivity index (χ2v) is 11.2. The van der Waals surface area contributed by atoms with E-state index in [2.05, 4.69) is 25.1 Å². The summed E-state index contributed by atoms with van der Waals surface area (Å²) in [6, 6.07) is 2.83. The number of nitrogens with zero attached hydrogens (tertiary/aromatic N) is 4. The number of hydrogen-bond donors (Lipinski definition) is 2. The highest BCUT2D eigenvalue weighted by atomic mass is 32.2. The van der Waals surface area contributed by atoms with E-state index in [1.807, 2.05) is 13.8 Å². The van der Waals surface area contributed by atoms with Gasteiger partial charge < -0.3 is 15.2 Å². The lowest BCUT2D eigenvalue weighted by molar-refractivity contribution is -0.0500. The highest BCUT2D eigenvalue weighted by Crippen LogP contribution is 2.33. The van der Waals surface area contributed by atoms with E-state index in [1.165, 1.54) is 25.4 Å². The van der Waals surface area contributed by atoms with Crippen molar-refractivity contribution in [2.75, 3.05) is 11.5 Å². The number of amides is 1. The van der Waals surface area contributed by atoms with Gasteiger partial charge in [-0.1, -0.05) is 0 Å². The van der Waals surface area contributed by atoms with E-state index in [0.29, 0.717) is 28.0 Å². The zero-order valence-electron chi connectivity index (χ0n) is 19.5. The minimum atomic E-state index is -3.48. The topological polar surface area (TPSA) is 136 Å². The van der Waals surface area contributed by atoms with Crippen LogP contribution in [0.3, 0.4) is 0 Å². The van der Waals surface area contributed by atoms with Gasteiger partial charge in [-0.25, -0.2) is 8.42 Å². The predicted octanol–water partition coefficient (Wildman–Crippen LogP) is 2.26. The normalized spacial score (nSPS) is 21.7. The van der Waals surface area contributed by atoms with Gasteiger partial charge in [0.1, 0.15) is 17.0 Å². The Labute approximate surface area is 200 Å². The van der Waals surface area contributed by atoms with Crippen LogP contribution in [0.15, 0.2) is 24.5 Å². The smallest absolute Gasteiger partial charge is 0.387 e. The average molecular weight is 510 g/mol. The lowest BCUT2D eigenvalue weighted by atomic mass is 9.98. The van der Waals surface area contributed by atoms with Gasteiger partial charge in [-0.2, -0.15) is 13.9 Å². The van der Waals surface area contributed by atoms with Gasteiger partial charge in [0.15, 0.2) is 9.84 Å². The van der Waals surface area contributed by atoms with Crippen LogP contribution in [0.5, 0.6) is 5.75 Å². The molecule has 1 unspecified atom stereocenters. The fourth-order valence-corrected chi connectivity index (χ4v) is 6.27. The molecule has 1 aliphatic rings. The number of aryl methyl sites for hydroxylation is 1. The lowest BCUT2D eigenvalue weighted by Crippen LogP contribution is -2.54. The van der Waals surface area contributed by atoms with E-state index < -0.39 is 39.8 Å². The van der Waals surface area contributed by atoms with Crippen LogP contribution in [0.25, 0.3) is 22.3 Å². The maximum atomic E-state index is 13.0. The first-order valence-electron chi connectivity index (χ1n) is 10.8. The minimum absolute atomic E-state index is 0.123. The Morgan fingerprint density at radius 1 is 1.29 bits per heavy atom. The monoisotopic (exact) mass is 509 g/mol. The number of ether oxygens (including phenoxy) is 1. The number of halogens is 2. The van der Waals surface area contributed by atoms with E-state index in [4.69, 9.17) is 0 Å². The van der Waals surface area contributed by atoms with E-state index in [1.54, 1.807) is 17.7 Å². The molecule has 13 heteroatoms. The van der Waals surface area contributed by atoms with Crippen LogP contribution in [-0.4, -0.2) is 68.9 Å². The van der Waals surface area contributed by atoms with Gasteiger partial charge in [0.25, 0.3) is 5.91 Å². The molecule has 3 aromatic rings. The van der Waals surface area contributed by atoms with Crippen molar-refractivity contribution in [3.8, 4) is 17.0 Å². The number of carbonyl (C=O) groups excluding carboxylic acids is 1. The van der Waals surface area contributed by atoms with Gasteiger partial charge in [-0.05, 0) is 39.8 Å². The van der Waals surface area contributed by atoms with Crippen molar-refractivity contribution < 1.29 is 31.8 Å². The molecule has 1 fully saturated rings. The first-order valence-corrected chi connectivity index (χ1v) is 12.6. The lowest BCUT2D eigenvalue weighted by Gasteiger charge is -2.27. The van der Waals surface area contributed by atoms with Gasteiger partial charge in [0, 0.05) is 23.5 Å². The van der Waals surface area contributed by atoms with E-state index >= 15 is 0 Å². The number of aliphatic hydroxyl groups is 1. The number of alkyl halides is 2. The number of rotatable bonds is 6. The summed E-state index contributed by atoms with van der Waals surface area (Å²) in [6.07, 6.45) is 1.27. The van der Waals surface area contributed by atoms with Gasteiger partial charge >= 0.3 is 6.61 Å². The number of aromatic nitrogens is 4. The molecule has 1 saturated heterocycles. The number of fused-ring (bicyclic) bond motifs is 1. The first-order chi connectivity index (χ1) is 16.3. The second kappa shape index (κ2) is 8.79. The third-order valence-electron chi connectivity index (χ3n) is 5.91. The zero-order chi connectivity index (χ0) is 25.7. The van der Waals surface area contributed by atoms with Crippen LogP contribution < -0.4 is 10.1 Å². The number of sulfone groups is 1. The van der Waals surface area contributed by atoms with E-state index in [0.717, 1.165) is 0 Å². The van der Waals surface area contributed by atoms with Gasteiger partial charge in [0.05, 0.1) is 40.4 Å². The van der Waals surface area contributed by atoms with Crippen LogP contribution >= 0.6 is 0 Å². The Morgan fingerprint density at radius 2 is 2.00 bits per heavy atom. The molecule has 0 aromatic carbocycles. The van der Waals surface area contributed by atoms with Gasteiger partial charge in [-0.3, -0.25) is 19.4 Å². The van der Waals surface area contributed by atoms with Crippen molar-refractivity contribution in [3.63, 3.8) is 0 Å². The summed E-state index contributed by atoms with van der Waals surface area (Å²) in [5.74, 6) is -1.52.